The third-order valence-electron chi connectivity index (χ3n) is 17.4. The molecule has 1 atom stereocenters. The molecule has 0 amide bonds. The zero-order valence-corrected chi connectivity index (χ0v) is 54.9. The molecular formula is C74H144O6. The van der Waals surface area contributed by atoms with Gasteiger partial charge in [-0.25, -0.2) is 0 Å². The van der Waals surface area contributed by atoms with E-state index in [0.717, 1.165) is 57.8 Å². The molecule has 0 aliphatic rings. The van der Waals surface area contributed by atoms with E-state index in [2.05, 4.69) is 20.8 Å². The van der Waals surface area contributed by atoms with Crippen molar-refractivity contribution in [2.24, 2.45) is 0 Å². The van der Waals surface area contributed by atoms with Crippen molar-refractivity contribution in [1.29, 1.82) is 0 Å². The van der Waals surface area contributed by atoms with Crippen molar-refractivity contribution in [1.82, 2.24) is 0 Å². The Morgan fingerprint density at radius 2 is 0.338 bits per heavy atom. The van der Waals surface area contributed by atoms with Gasteiger partial charge in [0.25, 0.3) is 0 Å². The number of rotatable bonds is 70. The third-order valence-corrected chi connectivity index (χ3v) is 17.4. The van der Waals surface area contributed by atoms with E-state index in [1.165, 1.54) is 340 Å². The van der Waals surface area contributed by atoms with Crippen LogP contribution in [0.2, 0.25) is 0 Å². The van der Waals surface area contributed by atoms with Crippen LogP contribution in [0.25, 0.3) is 0 Å². The Bertz CT molecular complexity index is 1200. The van der Waals surface area contributed by atoms with Crippen LogP contribution in [-0.2, 0) is 28.6 Å². The fourth-order valence-corrected chi connectivity index (χ4v) is 11.8. The maximum Gasteiger partial charge on any atom is 0.306 e. The first-order valence-electron chi connectivity index (χ1n) is 37.0. The minimum Gasteiger partial charge on any atom is -0.462 e. The predicted molar refractivity (Wildman–Crippen MR) is 349 cm³/mol. The van der Waals surface area contributed by atoms with Crippen molar-refractivity contribution >= 4 is 17.9 Å². The molecule has 0 aromatic carbocycles. The van der Waals surface area contributed by atoms with Crippen molar-refractivity contribution in [3.63, 3.8) is 0 Å². The Labute approximate surface area is 501 Å². The molecule has 0 saturated heterocycles. The van der Waals surface area contributed by atoms with Crippen molar-refractivity contribution < 1.29 is 28.6 Å². The SMILES string of the molecule is CCCCCCCCCCCCCCCCCCCCCCCCCCCC(=O)OCC(COC(=O)CCCCCCCCCCCCCCC)OC(=O)CCCCCCCCCCCCCCCCCCCCCCCCCC. The lowest BCUT2D eigenvalue weighted by molar-refractivity contribution is -0.167. The largest absolute Gasteiger partial charge is 0.462 e. The average molecular weight is 1130 g/mol. The van der Waals surface area contributed by atoms with Crippen molar-refractivity contribution in [3.05, 3.63) is 0 Å². The molecule has 0 aromatic rings. The van der Waals surface area contributed by atoms with Crippen LogP contribution in [0.4, 0.5) is 0 Å². The lowest BCUT2D eigenvalue weighted by Gasteiger charge is -2.18. The van der Waals surface area contributed by atoms with Gasteiger partial charge in [0.05, 0.1) is 0 Å². The van der Waals surface area contributed by atoms with Crippen LogP contribution < -0.4 is 0 Å². The fourth-order valence-electron chi connectivity index (χ4n) is 11.8. The van der Waals surface area contributed by atoms with Crippen molar-refractivity contribution in [3.8, 4) is 0 Å². The summed E-state index contributed by atoms with van der Waals surface area (Å²) in [6.07, 6.45) is 82.9. The van der Waals surface area contributed by atoms with Gasteiger partial charge in [-0.15, -0.1) is 0 Å². The zero-order chi connectivity index (χ0) is 57.8. The second kappa shape index (κ2) is 69.9. The number of unbranched alkanes of at least 4 members (excludes halogenated alkanes) is 59. The van der Waals surface area contributed by atoms with E-state index in [1.807, 2.05) is 0 Å². The topological polar surface area (TPSA) is 78.9 Å². The van der Waals surface area contributed by atoms with E-state index in [0.29, 0.717) is 19.3 Å². The minimum atomic E-state index is -0.763. The summed E-state index contributed by atoms with van der Waals surface area (Å²) in [7, 11) is 0. The Morgan fingerprint density at radius 3 is 0.500 bits per heavy atom. The summed E-state index contributed by atoms with van der Waals surface area (Å²) in [4.78, 5) is 38.5. The molecule has 6 nitrogen and oxygen atoms in total. The van der Waals surface area contributed by atoms with Crippen LogP contribution in [0.5, 0.6) is 0 Å². The first-order valence-corrected chi connectivity index (χ1v) is 37.0. The van der Waals surface area contributed by atoms with Gasteiger partial charge < -0.3 is 14.2 Å². The summed E-state index contributed by atoms with van der Waals surface area (Å²) in [5.41, 5.74) is 0. The molecule has 6 heteroatoms. The van der Waals surface area contributed by atoms with Crippen LogP contribution >= 0.6 is 0 Å². The number of carbonyl (C=O) groups is 3. The van der Waals surface area contributed by atoms with Gasteiger partial charge in [-0.2, -0.15) is 0 Å². The van der Waals surface area contributed by atoms with Gasteiger partial charge in [0.2, 0.25) is 0 Å². The van der Waals surface area contributed by atoms with Gasteiger partial charge >= 0.3 is 17.9 Å². The number of hydrogen-bond acceptors (Lipinski definition) is 6. The summed E-state index contributed by atoms with van der Waals surface area (Å²) in [5.74, 6) is -0.818. The highest BCUT2D eigenvalue weighted by Crippen LogP contribution is 2.20. The van der Waals surface area contributed by atoms with E-state index in [9.17, 15) is 14.4 Å². The highest BCUT2D eigenvalue weighted by atomic mass is 16.6. The first kappa shape index (κ1) is 78.4. The molecular weight excluding hydrogens is 985 g/mol. The molecule has 80 heavy (non-hydrogen) atoms. The van der Waals surface area contributed by atoms with Crippen LogP contribution in [0.15, 0.2) is 0 Å². The van der Waals surface area contributed by atoms with Crippen LogP contribution in [0.3, 0.4) is 0 Å². The number of carbonyl (C=O) groups excluding carboxylic acids is 3. The summed E-state index contributed by atoms with van der Waals surface area (Å²) < 4.78 is 17.0. The lowest BCUT2D eigenvalue weighted by atomic mass is 10.0. The van der Waals surface area contributed by atoms with Gasteiger partial charge in [-0.1, -0.05) is 400 Å². The molecule has 0 saturated carbocycles. The molecule has 0 aliphatic heterocycles. The molecule has 0 fully saturated rings. The monoisotopic (exact) mass is 1130 g/mol. The maximum absolute atomic E-state index is 13.0. The van der Waals surface area contributed by atoms with Crippen LogP contribution in [0.1, 0.15) is 438 Å². The standard InChI is InChI=1S/C74H144O6/c1-4-7-10-13-16-19-22-25-27-29-31-33-35-37-39-40-42-44-46-49-52-55-58-61-64-67-73(76)79-70-71(69-78-72(75)66-63-60-57-54-51-48-24-21-18-15-12-9-6-3)80-74(77)68-65-62-59-56-53-50-47-45-43-41-38-36-34-32-30-28-26-23-20-17-14-11-8-5-2/h71H,4-70H2,1-3H3. The molecule has 0 radical (unpaired) electrons. The predicted octanol–water partition coefficient (Wildman–Crippen LogP) is 25.4. The fraction of sp³-hybridized carbons (Fsp3) is 0.959. The van der Waals surface area contributed by atoms with Gasteiger partial charge in [0, 0.05) is 19.3 Å². The summed E-state index contributed by atoms with van der Waals surface area (Å²) in [5, 5.41) is 0. The van der Waals surface area contributed by atoms with Gasteiger partial charge in [0.1, 0.15) is 13.2 Å². The molecule has 0 heterocycles. The molecule has 0 bridgehead atoms. The summed E-state index contributed by atoms with van der Waals surface area (Å²) >= 11 is 0. The molecule has 1 unspecified atom stereocenters. The first-order chi connectivity index (χ1) is 39.5. The van der Waals surface area contributed by atoms with Gasteiger partial charge in [0.15, 0.2) is 6.10 Å². The van der Waals surface area contributed by atoms with E-state index in [1.54, 1.807) is 0 Å². The molecule has 0 spiro atoms. The third kappa shape index (κ3) is 67.2. The molecule has 0 aromatic heterocycles. The highest BCUT2D eigenvalue weighted by Gasteiger charge is 2.20. The average Bonchev–Trinajstić information content (AvgIpc) is 3.46. The highest BCUT2D eigenvalue weighted by molar-refractivity contribution is 5.71. The smallest absolute Gasteiger partial charge is 0.306 e. The lowest BCUT2D eigenvalue weighted by Crippen LogP contribution is -2.30. The van der Waals surface area contributed by atoms with Gasteiger partial charge in [-0.3, -0.25) is 14.4 Å². The number of esters is 3. The Kier molecular flexibility index (Phi) is 68.5. The quantitative estimate of drug-likeness (QED) is 0.0343. The number of hydrogen-bond donors (Lipinski definition) is 0. The maximum atomic E-state index is 13.0. The normalized spacial score (nSPS) is 11.9. The van der Waals surface area contributed by atoms with Crippen LogP contribution in [0, 0.1) is 0 Å². The van der Waals surface area contributed by atoms with Gasteiger partial charge in [-0.05, 0) is 19.3 Å². The second-order valence-corrected chi connectivity index (χ2v) is 25.6. The minimum absolute atomic E-state index is 0.0600. The molecule has 476 valence electrons. The van der Waals surface area contributed by atoms with E-state index in [4.69, 9.17) is 14.2 Å². The summed E-state index contributed by atoms with van der Waals surface area (Å²) in [6, 6.07) is 0. The number of ether oxygens (including phenoxy) is 3. The van der Waals surface area contributed by atoms with Crippen LogP contribution in [-0.4, -0.2) is 37.2 Å². The Hall–Kier alpha value is -1.59. The van der Waals surface area contributed by atoms with E-state index < -0.39 is 6.10 Å². The van der Waals surface area contributed by atoms with Crippen molar-refractivity contribution in [2.45, 2.75) is 444 Å². The zero-order valence-electron chi connectivity index (χ0n) is 54.9. The Balaban J connectivity index is 4.17. The van der Waals surface area contributed by atoms with E-state index >= 15 is 0 Å². The van der Waals surface area contributed by atoms with Crippen molar-refractivity contribution in [2.75, 3.05) is 13.2 Å². The molecule has 0 N–H and O–H groups in total. The molecule has 0 aliphatic carbocycles. The molecule has 0 rings (SSSR count). The Morgan fingerprint density at radius 1 is 0.200 bits per heavy atom. The summed E-state index contributed by atoms with van der Waals surface area (Å²) in [6.45, 7) is 6.75. The van der Waals surface area contributed by atoms with E-state index in [-0.39, 0.29) is 31.1 Å². The second-order valence-electron chi connectivity index (χ2n) is 25.6.